The minimum atomic E-state index is -0.774. The lowest BCUT2D eigenvalue weighted by Gasteiger charge is -2.33. The zero-order valence-electron chi connectivity index (χ0n) is 15.2. The Morgan fingerprint density at radius 3 is 2.46 bits per heavy atom. The van der Waals surface area contributed by atoms with Gasteiger partial charge < -0.3 is 19.5 Å². The van der Waals surface area contributed by atoms with Gasteiger partial charge in [0.25, 0.3) is 0 Å². The number of nitrogens with zero attached hydrogens (tertiary/aromatic N) is 1. The summed E-state index contributed by atoms with van der Waals surface area (Å²) in [6.07, 6.45) is 3.56. The van der Waals surface area contributed by atoms with Crippen LogP contribution in [0.2, 0.25) is 0 Å². The van der Waals surface area contributed by atoms with Gasteiger partial charge in [0.05, 0.1) is 25.7 Å². The molecule has 1 heterocycles. The Hall–Kier alpha value is -2.08. The molecule has 1 amide bonds. The van der Waals surface area contributed by atoms with Gasteiger partial charge in [0.2, 0.25) is 5.91 Å². The van der Waals surface area contributed by atoms with E-state index in [2.05, 4.69) is 0 Å². The molecule has 0 radical (unpaired) electrons. The van der Waals surface area contributed by atoms with Crippen molar-refractivity contribution in [1.29, 1.82) is 0 Å². The van der Waals surface area contributed by atoms with Crippen molar-refractivity contribution >= 4 is 11.9 Å². The Bertz CT molecular complexity index is 639. The van der Waals surface area contributed by atoms with Gasteiger partial charge in [-0.3, -0.25) is 9.59 Å². The van der Waals surface area contributed by atoms with Gasteiger partial charge in [-0.05, 0) is 38.2 Å². The predicted molar refractivity (Wildman–Crippen MR) is 95.9 cm³/mol. The monoisotopic (exact) mass is 361 g/mol. The van der Waals surface area contributed by atoms with Gasteiger partial charge in [0.15, 0.2) is 0 Å². The van der Waals surface area contributed by atoms with Gasteiger partial charge in [-0.1, -0.05) is 18.2 Å². The lowest BCUT2D eigenvalue weighted by molar-refractivity contribution is -0.142. The van der Waals surface area contributed by atoms with Gasteiger partial charge in [0.1, 0.15) is 5.75 Å². The Labute approximate surface area is 154 Å². The van der Waals surface area contributed by atoms with E-state index in [0.717, 1.165) is 24.2 Å². The fourth-order valence-electron chi connectivity index (χ4n) is 3.96. The number of benzene rings is 1. The van der Waals surface area contributed by atoms with Crippen molar-refractivity contribution in [2.24, 2.45) is 11.8 Å². The molecule has 6 heteroatoms. The van der Waals surface area contributed by atoms with E-state index in [1.165, 1.54) is 0 Å². The molecule has 0 bridgehead atoms. The normalized spacial score (nSPS) is 23.8. The fourth-order valence-corrected chi connectivity index (χ4v) is 3.96. The lowest BCUT2D eigenvalue weighted by Crippen LogP contribution is -2.43. The molecule has 2 aliphatic rings. The highest BCUT2D eigenvalue weighted by Gasteiger charge is 2.36. The van der Waals surface area contributed by atoms with E-state index in [1.807, 2.05) is 29.2 Å². The molecule has 1 aromatic carbocycles. The van der Waals surface area contributed by atoms with Crippen LogP contribution >= 0.6 is 0 Å². The summed E-state index contributed by atoms with van der Waals surface area (Å²) in [4.78, 5) is 25.6. The maximum Gasteiger partial charge on any atom is 0.306 e. The lowest BCUT2D eigenvalue weighted by atomic mass is 10.0. The summed E-state index contributed by atoms with van der Waals surface area (Å²) < 4.78 is 11.4. The number of rotatable bonds is 6. The van der Waals surface area contributed by atoms with Crippen LogP contribution in [0.3, 0.4) is 0 Å². The van der Waals surface area contributed by atoms with Crippen molar-refractivity contribution in [2.45, 2.75) is 44.8 Å². The molecule has 0 aromatic heterocycles. The number of carboxylic acids is 1. The number of carbonyl (C=O) groups is 2. The first-order chi connectivity index (χ1) is 12.6. The third-order valence-electron chi connectivity index (χ3n) is 5.55. The smallest absolute Gasteiger partial charge is 0.306 e. The highest BCUT2D eigenvalue weighted by atomic mass is 16.5. The molecule has 2 fully saturated rings. The van der Waals surface area contributed by atoms with E-state index in [4.69, 9.17) is 14.6 Å². The molecule has 1 aliphatic carbocycles. The molecular formula is C20H27NO5. The molecule has 1 saturated carbocycles. The van der Waals surface area contributed by atoms with Gasteiger partial charge >= 0.3 is 5.97 Å². The molecule has 1 aliphatic heterocycles. The van der Waals surface area contributed by atoms with Crippen LogP contribution in [0, 0.1) is 11.8 Å². The van der Waals surface area contributed by atoms with E-state index in [9.17, 15) is 9.59 Å². The molecule has 1 N–H and O–H groups in total. The van der Waals surface area contributed by atoms with Crippen LogP contribution in [0.1, 0.15) is 37.7 Å². The van der Waals surface area contributed by atoms with E-state index < -0.39 is 5.97 Å². The summed E-state index contributed by atoms with van der Waals surface area (Å²) in [5.74, 6) is -0.303. The number of piperidine rings is 1. The highest BCUT2D eigenvalue weighted by molar-refractivity contribution is 5.81. The summed E-state index contributed by atoms with van der Waals surface area (Å²) >= 11 is 0. The summed E-state index contributed by atoms with van der Waals surface area (Å²) in [5.41, 5.74) is 1.03. The first kappa shape index (κ1) is 18.7. The Balaban J connectivity index is 1.44. The zero-order chi connectivity index (χ0) is 18.5. The second kappa shape index (κ2) is 8.54. The van der Waals surface area contributed by atoms with Crippen LogP contribution in [-0.4, -0.2) is 48.2 Å². The Morgan fingerprint density at radius 2 is 1.81 bits per heavy atom. The molecule has 3 rings (SSSR count). The van der Waals surface area contributed by atoms with Crippen LogP contribution in [0.5, 0.6) is 5.75 Å². The average Bonchev–Trinajstić information content (AvgIpc) is 3.17. The zero-order valence-corrected chi connectivity index (χ0v) is 15.2. The standard InChI is InChI=1S/C20H27NO5/c1-25-18-5-3-2-4-16(18)13-26-17-8-10-21(11-9-17)19(22)14-6-7-15(12-14)20(23)24/h2-5,14-15,17H,6-13H2,1H3,(H,23,24)/t14-,15+/m1/s1. The van der Waals surface area contributed by atoms with Crippen LogP contribution in [0.4, 0.5) is 0 Å². The first-order valence-corrected chi connectivity index (χ1v) is 9.33. The number of para-hydroxylation sites is 1. The molecule has 1 aromatic rings. The topological polar surface area (TPSA) is 76.1 Å². The van der Waals surface area contributed by atoms with Crippen LogP contribution in [-0.2, 0) is 20.9 Å². The first-order valence-electron chi connectivity index (χ1n) is 9.33. The summed E-state index contributed by atoms with van der Waals surface area (Å²) in [5, 5.41) is 9.10. The number of aliphatic carboxylic acids is 1. The highest BCUT2D eigenvalue weighted by Crippen LogP contribution is 2.33. The largest absolute Gasteiger partial charge is 0.496 e. The number of likely N-dealkylation sites (tertiary alicyclic amines) is 1. The minimum absolute atomic E-state index is 0.122. The van der Waals surface area contributed by atoms with Crippen molar-refractivity contribution in [3.8, 4) is 5.75 Å². The van der Waals surface area contributed by atoms with Crippen LogP contribution in [0.15, 0.2) is 24.3 Å². The van der Waals surface area contributed by atoms with Crippen molar-refractivity contribution in [3.63, 3.8) is 0 Å². The molecule has 0 unspecified atom stereocenters. The van der Waals surface area contributed by atoms with E-state index >= 15 is 0 Å². The minimum Gasteiger partial charge on any atom is -0.496 e. The SMILES string of the molecule is COc1ccccc1COC1CCN(C(=O)[C@@H]2CC[C@H](C(=O)O)C2)CC1. The van der Waals surface area contributed by atoms with Crippen molar-refractivity contribution in [3.05, 3.63) is 29.8 Å². The Kier molecular flexibility index (Phi) is 6.14. The third-order valence-corrected chi connectivity index (χ3v) is 5.55. The Morgan fingerprint density at radius 1 is 1.12 bits per heavy atom. The molecule has 142 valence electrons. The number of amides is 1. The van der Waals surface area contributed by atoms with E-state index in [1.54, 1.807) is 7.11 Å². The van der Waals surface area contributed by atoms with E-state index in [-0.39, 0.29) is 23.8 Å². The third kappa shape index (κ3) is 4.36. The molecule has 2 atom stereocenters. The number of ether oxygens (including phenoxy) is 2. The van der Waals surface area contributed by atoms with Gasteiger partial charge in [0, 0.05) is 24.6 Å². The summed E-state index contributed by atoms with van der Waals surface area (Å²) in [6, 6.07) is 7.82. The predicted octanol–water partition coefficient (Wildman–Crippen LogP) is 2.70. The van der Waals surface area contributed by atoms with Gasteiger partial charge in [-0.15, -0.1) is 0 Å². The van der Waals surface area contributed by atoms with Crippen LogP contribution in [0.25, 0.3) is 0 Å². The van der Waals surface area contributed by atoms with Crippen molar-refractivity contribution in [2.75, 3.05) is 20.2 Å². The van der Waals surface area contributed by atoms with Crippen molar-refractivity contribution in [1.82, 2.24) is 4.90 Å². The van der Waals surface area contributed by atoms with Crippen molar-refractivity contribution < 1.29 is 24.2 Å². The van der Waals surface area contributed by atoms with Crippen LogP contribution < -0.4 is 4.74 Å². The summed E-state index contributed by atoms with van der Waals surface area (Å²) in [7, 11) is 1.65. The van der Waals surface area contributed by atoms with Gasteiger partial charge in [-0.25, -0.2) is 0 Å². The molecule has 0 spiro atoms. The molecule has 26 heavy (non-hydrogen) atoms. The second-order valence-corrected chi connectivity index (χ2v) is 7.19. The molecular weight excluding hydrogens is 334 g/mol. The fraction of sp³-hybridized carbons (Fsp3) is 0.600. The summed E-state index contributed by atoms with van der Waals surface area (Å²) in [6.45, 7) is 1.87. The number of hydrogen-bond donors (Lipinski definition) is 1. The number of carboxylic acid groups (broad SMARTS) is 1. The molecule has 1 saturated heterocycles. The number of carbonyl (C=O) groups excluding carboxylic acids is 1. The van der Waals surface area contributed by atoms with Gasteiger partial charge in [-0.2, -0.15) is 0 Å². The van der Waals surface area contributed by atoms with E-state index in [0.29, 0.717) is 39.0 Å². The maximum atomic E-state index is 12.6. The average molecular weight is 361 g/mol. The maximum absolute atomic E-state index is 12.6. The molecule has 6 nitrogen and oxygen atoms in total. The number of hydrogen-bond acceptors (Lipinski definition) is 4. The second-order valence-electron chi connectivity index (χ2n) is 7.19. The number of methoxy groups -OCH3 is 1. The quantitative estimate of drug-likeness (QED) is 0.843.